The molecule has 3 aromatic rings. The number of thiophene rings is 1. The van der Waals surface area contributed by atoms with Crippen LogP contribution in [0.25, 0.3) is 10.9 Å². The van der Waals surface area contributed by atoms with E-state index in [4.69, 9.17) is 4.74 Å². The van der Waals surface area contributed by atoms with Crippen molar-refractivity contribution in [3.63, 3.8) is 0 Å². The third kappa shape index (κ3) is 3.87. The highest BCUT2D eigenvalue weighted by Gasteiger charge is 2.28. The number of amides is 1. The van der Waals surface area contributed by atoms with Crippen molar-refractivity contribution >= 4 is 28.1 Å². The van der Waals surface area contributed by atoms with Crippen molar-refractivity contribution in [2.75, 3.05) is 7.11 Å². The van der Waals surface area contributed by atoms with Crippen LogP contribution in [0.2, 0.25) is 0 Å². The topological polar surface area (TPSA) is 54.1 Å². The van der Waals surface area contributed by atoms with E-state index in [9.17, 15) is 4.79 Å². The number of carbonyl (C=O) groups excluding carboxylic acids is 1. The lowest BCUT2D eigenvalue weighted by Crippen LogP contribution is -2.36. The number of ether oxygens (including phenoxy) is 1. The smallest absolute Gasteiger partial charge is 0.225 e. The molecular weight excluding hydrogens is 332 g/mol. The predicted molar refractivity (Wildman–Crippen MR) is 103 cm³/mol. The van der Waals surface area contributed by atoms with Crippen molar-refractivity contribution in [1.29, 1.82) is 0 Å². The van der Waals surface area contributed by atoms with Crippen molar-refractivity contribution in [3.05, 3.63) is 52.3 Å². The Labute approximate surface area is 152 Å². The van der Waals surface area contributed by atoms with Crippen LogP contribution in [0.4, 0.5) is 0 Å². The number of hydrogen-bond acceptors (Lipinski definition) is 3. The number of fused-ring (bicyclic) bond motifs is 1. The van der Waals surface area contributed by atoms with Gasteiger partial charge in [-0.05, 0) is 40.6 Å². The quantitative estimate of drug-likeness (QED) is 0.697. The molecule has 1 aromatic carbocycles. The minimum absolute atomic E-state index is 0.000239. The first-order valence-corrected chi connectivity index (χ1v) is 9.23. The average Bonchev–Trinajstić information content (AvgIpc) is 3.21. The molecule has 132 valence electrons. The van der Waals surface area contributed by atoms with Crippen LogP contribution < -0.4 is 10.1 Å². The number of aromatic amines is 1. The largest absolute Gasteiger partial charge is 0.497 e. The zero-order valence-corrected chi connectivity index (χ0v) is 15.9. The summed E-state index contributed by atoms with van der Waals surface area (Å²) in [7, 11) is 1.65. The number of aromatic nitrogens is 1. The molecule has 0 saturated carbocycles. The van der Waals surface area contributed by atoms with E-state index in [1.165, 1.54) is 4.88 Å². The van der Waals surface area contributed by atoms with E-state index in [0.717, 1.165) is 22.2 Å². The monoisotopic (exact) mass is 356 g/mol. The summed E-state index contributed by atoms with van der Waals surface area (Å²) >= 11 is 1.68. The van der Waals surface area contributed by atoms with Crippen molar-refractivity contribution in [3.8, 4) is 5.75 Å². The summed E-state index contributed by atoms with van der Waals surface area (Å²) < 4.78 is 5.30. The first-order chi connectivity index (χ1) is 11.9. The molecule has 2 N–H and O–H groups in total. The normalized spacial score (nSPS) is 13.0. The van der Waals surface area contributed by atoms with Crippen molar-refractivity contribution in [2.24, 2.45) is 5.41 Å². The Morgan fingerprint density at radius 3 is 2.76 bits per heavy atom. The van der Waals surface area contributed by atoms with Crippen LogP contribution in [-0.4, -0.2) is 18.0 Å². The van der Waals surface area contributed by atoms with Gasteiger partial charge in [0.25, 0.3) is 0 Å². The van der Waals surface area contributed by atoms with Crippen LogP contribution in [0, 0.1) is 5.41 Å². The van der Waals surface area contributed by atoms with Gasteiger partial charge in [-0.2, -0.15) is 0 Å². The second-order valence-corrected chi connectivity index (χ2v) is 8.26. The third-order valence-electron chi connectivity index (χ3n) is 4.32. The number of methoxy groups -OCH3 is 1. The summed E-state index contributed by atoms with van der Waals surface area (Å²) in [5, 5.41) is 6.29. The molecule has 0 aliphatic carbocycles. The van der Waals surface area contributed by atoms with Gasteiger partial charge < -0.3 is 15.0 Å². The molecule has 0 fully saturated rings. The highest BCUT2D eigenvalue weighted by Crippen LogP contribution is 2.35. The SMILES string of the molecule is COc1ccc2[nH]cc(CC(=O)NC(c3cccs3)C(C)(C)C)c2c1. The number of carbonyl (C=O) groups is 1. The summed E-state index contributed by atoms with van der Waals surface area (Å²) in [5.41, 5.74) is 1.93. The van der Waals surface area contributed by atoms with Crippen LogP contribution in [0.5, 0.6) is 5.75 Å². The molecule has 4 nitrogen and oxygen atoms in total. The van der Waals surface area contributed by atoms with Gasteiger partial charge in [0, 0.05) is 22.0 Å². The van der Waals surface area contributed by atoms with Crippen molar-refractivity contribution in [2.45, 2.75) is 33.2 Å². The molecule has 0 saturated heterocycles. The van der Waals surface area contributed by atoms with Gasteiger partial charge in [-0.25, -0.2) is 0 Å². The number of benzene rings is 1. The number of hydrogen-bond donors (Lipinski definition) is 2. The molecule has 5 heteroatoms. The lowest BCUT2D eigenvalue weighted by atomic mass is 9.85. The fraction of sp³-hybridized carbons (Fsp3) is 0.350. The molecule has 0 spiro atoms. The molecule has 25 heavy (non-hydrogen) atoms. The summed E-state index contributed by atoms with van der Waals surface area (Å²) in [5.74, 6) is 0.817. The fourth-order valence-electron chi connectivity index (χ4n) is 2.99. The zero-order valence-electron chi connectivity index (χ0n) is 15.1. The first kappa shape index (κ1) is 17.5. The molecule has 3 rings (SSSR count). The Balaban J connectivity index is 1.80. The first-order valence-electron chi connectivity index (χ1n) is 8.35. The van der Waals surface area contributed by atoms with Gasteiger partial charge in [-0.3, -0.25) is 4.79 Å². The van der Waals surface area contributed by atoms with E-state index >= 15 is 0 Å². The predicted octanol–water partition coefficient (Wildman–Crippen LogP) is 4.68. The summed E-state index contributed by atoms with van der Waals surface area (Å²) in [6.45, 7) is 6.44. The molecule has 0 bridgehead atoms. The molecule has 2 aromatic heterocycles. The third-order valence-corrected chi connectivity index (χ3v) is 5.26. The zero-order chi connectivity index (χ0) is 18.0. The maximum absolute atomic E-state index is 12.7. The van der Waals surface area contributed by atoms with E-state index < -0.39 is 0 Å². The Morgan fingerprint density at radius 1 is 1.32 bits per heavy atom. The Morgan fingerprint density at radius 2 is 2.12 bits per heavy atom. The minimum Gasteiger partial charge on any atom is -0.497 e. The van der Waals surface area contributed by atoms with Gasteiger partial charge in [-0.15, -0.1) is 11.3 Å². The average molecular weight is 356 g/mol. The van der Waals surface area contributed by atoms with Crippen LogP contribution in [0.15, 0.2) is 41.9 Å². The maximum Gasteiger partial charge on any atom is 0.225 e. The van der Waals surface area contributed by atoms with Gasteiger partial charge in [0.1, 0.15) is 5.75 Å². The van der Waals surface area contributed by atoms with Gasteiger partial charge in [0.2, 0.25) is 5.91 Å². The highest BCUT2D eigenvalue weighted by atomic mass is 32.1. The second-order valence-electron chi connectivity index (χ2n) is 7.28. The fourth-order valence-corrected chi connectivity index (χ4v) is 4.01. The highest BCUT2D eigenvalue weighted by molar-refractivity contribution is 7.10. The molecular formula is C20H24N2O2S. The van der Waals surface area contributed by atoms with Gasteiger partial charge >= 0.3 is 0 Å². The Kier molecular flexibility index (Phi) is 4.86. The molecule has 0 aliphatic rings. The number of rotatable bonds is 5. The number of H-pyrrole nitrogens is 1. The molecule has 0 aliphatic heterocycles. The van der Waals surface area contributed by atoms with Crippen molar-refractivity contribution < 1.29 is 9.53 Å². The van der Waals surface area contributed by atoms with Crippen LogP contribution >= 0.6 is 11.3 Å². The molecule has 1 atom stereocenters. The van der Waals surface area contributed by atoms with E-state index in [2.05, 4.69) is 37.1 Å². The number of nitrogens with one attached hydrogen (secondary N) is 2. The van der Waals surface area contributed by atoms with Gasteiger partial charge in [-0.1, -0.05) is 26.8 Å². The summed E-state index contributed by atoms with van der Waals surface area (Å²) in [6, 6.07) is 9.96. The summed E-state index contributed by atoms with van der Waals surface area (Å²) in [6.07, 6.45) is 2.24. The Hall–Kier alpha value is -2.27. The molecule has 2 heterocycles. The maximum atomic E-state index is 12.7. The molecule has 1 amide bonds. The van der Waals surface area contributed by atoms with Crippen molar-refractivity contribution in [1.82, 2.24) is 10.3 Å². The van der Waals surface area contributed by atoms with E-state index in [1.807, 2.05) is 35.8 Å². The second kappa shape index (κ2) is 6.92. The molecule has 0 radical (unpaired) electrons. The summed E-state index contributed by atoms with van der Waals surface area (Å²) in [4.78, 5) is 17.1. The lowest BCUT2D eigenvalue weighted by Gasteiger charge is -2.30. The lowest BCUT2D eigenvalue weighted by molar-refractivity contribution is -0.121. The van der Waals surface area contributed by atoms with Crippen LogP contribution in [0.3, 0.4) is 0 Å². The molecule has 1 unspecified atom stereocenters. The van der Waals surface area contributed by atoms with Gasteiger partial charge in [0.15, 0.2) is 0 Å². The van der Waals surface area contributed by atoms with Crippen LogP contribution in [-0.2, 0) is 11.2 Å². The van der Waals surface area contributed by atoms with E-state index in [-0.39, 0.29) is 17.4 Å². The Bertz CT molecular complexity index is 860. The van der Waals surface area contributed by atoms with Gasteiger partial charge in [0.05, 0.1) is 19.6 Å². The minimum atomic E-state index is -0.0516. The van der Waals surface area contributed by atoms with Crippen LogP contribution in [0.1, 0.15) is 37.3 Å². The van der Waals surface area contributed by atoms with E-state index in [1.54, 1.807) is 18.4 Å². The standard InChI is InChI=1S/C20H24N2O2S/c1-20(2,3)19(17-6-5-9-25-17)22-18(23)10-13-12-21-16-8-7-14(24-4)11-15(13)16/h5-9,11-12,19,21H,10H2,1-4H3,(H,22,23). The van der Waals surface area contributed by atoms with E-state index in [0.29, 0.717) is 6.42 Å².